The minimum absolute atomic E-state index is 0.0630. The Labute approximate surface area is 116 Å². The van der Waals surface area contributed by atoms with Crippen LogP contribution >= 0.6 is 0 Å². The lowest BCUT2D eigenvalue weighted by molar-refractivity contribution is -0.131. The number of nitrogens with one attached hydrogen (secondary N) is 1. The largest absolute Gasteiger partial charge is 0.478 e. The van der Waals surface area contributed by atoms with Crippen LogP contribution in [0.2, 0.25) is 0 Å². The highest BCUT2D eigenvalue weighted by atomic mass is 16.4. The van der Waals surface area contributed by atoms with E-state index in [-0.39, 0.29) is 18.4 Å². The number of likely N-dealkylation sites (N-methyl/N-ethyl adjacent to an activating group) is 1. The van der Waals surface area contributed by atoms with Gasteiger partial charge >= 0.3 is 5.97 Å². The molecule has 0 fully saturated rings. The van der Waals surface area contributed by atoms with Gasteiger partial charge in [0.2, 0.25) is 5.91 Å². The van der Waals surface area contributed by atoms with Crippen molar-refractivity contribution in [3.63, 3.8) is 0 Å². The van der Waals surface area contributed by atoms with Crippen LogP contribution in [0.1, 0.15) is 15.9 Å². The second-order valence-electron chi connectivity index (χ2n) is 4.26. The van der Waals surface area contributed by atoms with E-state index in [0.717, 1.165) is 6.08 Å². The minimum atomic E-state index is -1.03. The van der Waals surface area contributed by atoms with Crippen molar-refractivity contribution < 1.29 is 19.5 Å². The summed E-state index contributed by atoms with van der Waals surface area (Å²) < 4.78 is 0. The summed E-state index contributed by atoms with van der Waals surface area (Å²) in [6.45, 7) is -0.0630. The van der Waals surface area contributed by atoms with E-state index in [0.29, 0.717) is 11.1 Å². The number of amides is 2. The van der Waals surface area contributed by atoms with Gasteiger partial charge in [0.1, 0.15) is 0 Å². The lowest BCUT2D eigenvalue weighted by Crippen LogP contribution is -2.36. The molecule has 1 aromatic rings. The molecular weight excluding hydrogens is 260 g/mol. The molecule has 0 aliphatic carbocycles. The van der Waals surface area contributed by atoms with Gasteiger partial charge in [0, 0.05) is 25.7 Å². The maximum absolute atomic E-state index is 11.8. The molecule has 0 unspecified atom stereocenters. The van der Waals surface area contributed by atoms with E-state index in [1.807, 2.05) is 0 Å². The molecule has 2 N–H and O–H groups in total. The van der Waals surface area contributed by atoms with Crippen molar-refractivity contribution in [2.45, 2.75) is 0 Å². The first-order valence-corrected chi connectivity index (χ1v) is 5.89. The molecule has 6 heteroatoms. The van der Waals surface area contributed by atoms with Crippen LogP contribution in [0.25, 0.3) is 6.08 Å². The number of hydrogen-bond donors (Lipinski definition) is 2. The molecule has 0 saturated heterocycles. The number of benzene rings is 1. The number of carbonyl (C=O) groups is 3. The fourth-order valence-electron chi connectivity index (χ4n) is 1.33. The molecule has 0 atom stereocenters. The number of aliphatic carboxylic acids is 1. The molecule has 0 aliphatic rings. The molecular formula is C14H16N2O4. The molecule has 0 spiro atoms. The minimum Gasteiger partial charge on any atom is -0.478 e. The van der Waals surface area contributed by atoms with Crippen molar-refractivity contribution in [2.24, 2.45) is 0 Å². The summed E-state index contributed by atoms with van der Waals surface area (Å²) in [5.41, 5.74) is 1.08. The Kier molecular flexibility index (Phi) is 5.46. The van der Waals surface area contributed by atoms with Gasteiger partial charge < -0.3 is 15.3 Å². The predicted octanol–water partition coefficient (Wildman–Crippen LogP) is 0.602. The van der Waals surface area contributed by atoms with Gasteiger partial charge in [0.25, 0.3) is 5.91 Å². The molecule has 2 amide bonds. The lowest BCUT2D eigenvalue weighted by Gasteiger charge is -2.10. The van der Waals surface area contributed by atoms with Gasteiger partial charge in [-0.15, -0.1) is 0 Å². The molecule has 6 nitrogen and oxygen atoms in total. The van der Waals surface area contributed by atoms with Crippen molar-refractivity contribution >= 4 is 23.9 Å². The Morgan fingerprint density at radius 2 is 1.80 bits per heavy atom. The van der Waals surface area contributed by atoms with E-state index in [1.54, 1.807) is 38.4 Å². The molecule has 0 aliphatic heterocycles. The molecule has 20 heavy (non-hydrogen) atoms. The third-order valence-electron chi connectivity index (χ3n) is 2.49. The fraction of sp³-hybridized carbons (Fsp3) is 0.214. The van der Waals surface area contributed by atoms with Crippen LogP contribution in [0.4, 0.5) is 0 Å². The third-order valence-corrected chi connectivity index (χ3v) is 2.49. The first kappa shape index (κ1) is 15.4. The summed E-state index contributed by atoms with van der Waals surface area (Å²) in [4.78, 5) is 34.8. The van der Waals surface area contributed by atoms with Crippen LogP contribution < -0.4 is 5.32 Å². The van der Waals surface area contributed by atoms with Crippen molar-refractivity contribution in [2.75, 3.05) is 20.6 Å². The first-order chi connectivity index (χ1) is 9.40. The van der Waals surface area contributed by atoms with Crippen molar-refractivity contribution in [1.82, 2.24) is 10.2 Å². The molecule has 1 aromatic carbocycles. The Hall–Kier alpha value is -2.63. The molecule has 0 aromatic heterocycles. The molecule has 0 heterocycles. The molecule has 1 rings (SSSR count). The van der Waals surface area contributed by atoms with Crippen LogP contribution in [0.3, 0.4) is 0 Å². The number of carboxylic acid groups (broad SMARTS) is 1. The maximum atomic E-state index is 11.8. The van der Waals surface area contributed by atoms with E-state index < -0.39 is 5.97 Å². The summed E-state index contributed by atoms with van der Waals surface area (Å²) in [5, 5.41) is 11.0. The molecule has 0 bridgehead atoms. The van der Waals surface area contributed by atoms with Gasteiger partial charge in [0.05, 0.1) is 6.54 Å². The zero-order chi connectivity index (χ0) is 15.1. The standard InChI is InChI=1S/C14H16N2O4/c1-16(2)12(17)9-15-14(20)11-6-3-10(4-7-11)5-8-13(18)19/h3-8H,9H2,1-2H3,(H,15,20)(H,18,19). The van der Waals surface area contributed by atoms with Crippen LogP contribution in [-0.2, 0) is 9.59 Å². The predicted molar refractivity (Wildman–Crippen MR) is 74.1 cm³/mol. The zero-order valence-electron chi connectivity index (χ0n) is 11.3. The second kappa shape index (κ2) is 7.08. The van der Waals surface area contributed by atoms with E-state index in [4.69, 9.17) is 5.11 Å². The van der Waals surface area contributed by atoms with Gasteiger partial charge in [-0.3, -0.25) is 9.59 Å². The average Bonchev–Trinajstić information content (AvgIpc) is 2.42. The second-order valence-corrected chi connectivity index (χ2v) is 4.26. The van der Waals surface area contributed by atoms with Crippen LogP contribution in [0.15, 0.2) is 30.3 Å². The highest BCUT2D eigenvalue weighted by molar-refractivity contribution is 5.96. The topological polar surface area (TPSA) is 86.7 Å². The third kappa shape index (κ3) is 4.93. The van der Waals surface area contributed by atoms with Crippen molar-refractivity contribution in [1.29, 1.82) is 0 Å². The van der Waals surface area contributed by atoms with Crippen LogP contribution in [0, 0.1) is 0 Å². The Morgan fingerprint density at radius 1 is 1.20 bits per heavy atom. The van der Waals surface area contributed by atoms with Gasteiger partial charge in [-0.2, -0.15) is 0 Å². The number of carbonyl (C=O) groups excluding carboxylic acids is 2. The Balaban J connectivity index is 2.62. The highest BCUT2D eigenvalue weighted by Gasteiger charge is 2.08. The molecule has 0 radical (unpaired) electrons. The van der Waals surface area contributed by atoms with Gasteiger partial charge in [-0.1, -0.05) is 12.1 Å². The van der Waals surface area contributed by atoms with Crippen molar-refractivity contribution in [3.8, 4) is 0 Å². The van der Waals surface area contributed by atoms with Crippen LogP contribution in [0.5, 0.6) is 0 Å². The summed E-state index contributed by atoms with van der Waals surface area (Å²) in [6.07, 6.45) is 2.45. The normalized spacial score (nSPS) is 10.3. The van der Waals surface area contributed by atoms with Crippen LogP contribution in [-0.4, -0.2) is 48.4 Å². The number of nitrogens with zero attached hydrogens (tertiary/aromatic N) is 1. The Morgan fingerprint density at radius 3 is 2.30 bits per heavy atom. The summed E-state index contributed by atoms with van der Waals surface area (Å²) in [5.74, 6) is -1.58. The average molecular weight is 276 g/mol. The monoisotopic (exact) mass is 276 g/mol. The van der Waals surface area contributed by atoms with E-state index >= 15 is 0 Å². The smallest absolute Gasteiger partial charge is 0.328 e. The Bertz CT molecular complexity index is 533. The quantitative estimate of drug-likeness (QED) is 0.771. The van der Waals surface area contributed by atoms with Gasteiger partial charge in [-0.25, -0.2) is 4.79 Å². The summed E-state index contributed by atoms with van der Waals surface area (Å²) in [7, 11) is 3.22. The SMILES string of the molecule is CN(C)C(=O)CNC(=O)c1ccc(C=CC(=O)O)cc1. The van der Waals surface area contributed by atoms with Crippen molar-refractivity contribution in [3.05, 3.63) is 41.5 Å². The number of rotatable bonds is 5. The summed E-state index contributed by atoms with van der Waals surface area (Å²) >= 11 is 0. The van der Waals surface area contributed by atoms with E-state index in [2.05, 4.69) is 5.32 Å². The van der Waals surface area contributed by atoms with E-state index in [9.17, 15) is 14.4 Å². The van der Waals surface area contributed by atoms with Gasteiger partial charge in [0.15, 0.2) is 0 Å². The molecule has 106 valence electrons. The maximum Gasteiger partial charge on any atom is 0.328 e. The summed E-state index contributed by atoms with van der Waals surface area (Å²) in [6, 6.07) is 6.39. The zero-order valence-corrected chi connectivity index (χ0v) is 11.3. The number of carboxylic acids is 1. The van der Waals surface area contributed by atoms with E-state index in [1.165, 1.54) is 11.0 Å². The fourth-order valence-corrected chi connectivity index (χ4v) is 1.33. The van der Waals surface area contributed by atoms with Gasteiger partial charge in [-0.05, 0) is 23.8 Å². The highest BCUT2D eigenvalue weighted by Crippen LogP contribution is 2.06. The first-order valence-electron chi connectivity index (χ1n) is 5.89. The molecule has 0 saturated carbocycles. The lowest BCUT2D eigenvalue weighted by atomic mass is 10.1. The number of hydrogen-bond acceptors (Lipinski definition) is 3.